The van der Waals surface area contributed by atoms with Gasteiger partial charge in [-0.2, -0.15) is 10.2 Å². The average molecular weight is 768 g/mol. The van der Waals surface area contributed by atoms with Crippen LogP contribution in [-0.4, -0.2) is 70.5 Å². The average Bonchev–Trinajstić information content (AvgIpc) is 3.83. The van der Waals surface area contributed by atoms with Crippen molar-refractivity contribution >= 4 is 46.4 Å². The standard InChI is InChI=1S/C40H35N10O7/c1-56-29-15-11-26(12-16-29)48-35-31(33(44-48)37(41)51)19-21-46(39(35)53)24-5-3-23(4-6-24)43-50(55)28-9-7-25(8-10-28)47-22-20-32-34(38(42)52)45-49(36(32)40(47)54)27-13-17-30(57-2)18-14-27/h3-18,43H,19-22H2,1-2H3,(H2,41,51)(H2,42,52)/q-1. The van der Waals surface area contributed by atoms with Crippen molar-refractivity contribution in [2.75, 3.05) is 47.7 Å². The maximum Gasteiger partial charge on any atom is 0.277 e. The van der Waals surface area contributed by atoms with Crippen LogP contribution in [0.25, 0.3) is 11.4 Å². The number of carbonyl (C=O) groups is 4. The molecule has 57 heavy (non-hydrogen) atoms. The summed E-state index contributed by atoms with van der Waals surface area (Å²) in [5.74, 6) is -0.947. The fourth-order valence-corrected chi connectivity index (χ4v) is 7.09. The van der Waals surface area contributed by atoms with Gasteiger partial charge in [-0.15, -0.1) is 0 Å². The van der Waals surface area contributed by atoms with Crippen LogP contribution >= 0.6 is 0 Å². The number of carbonyl (C=O) groups excluding carboxylic acids is 4. The van der Waals surface area contributed by atoms with E-state index < -0.39 is 11.8 Å². The minimum Gasteiger partial charge on any atom is -0.739 e. The lowest BCUT2D eigenvalue weighted by Crippen LogP contribution is -2.39. The zero-order valence-corrected chi connectivity index (χ0v) is 30.7. The van der Waals surface area contributed by atoms with Gasteiger partial charge in [-0.05, 0) is 110 Å². The van der Waals surface area contributed by atoms with Crippen LogP contribution in [0.15, 0.2) is 97.1 Å². The molecule has 0 spiro atoms. The Morgan fingerprint density at radius 2 is 1.02 bits per heavy atom. The Labute approximate surface area is 325 Å². The summed E-state index contributed by atoms with van der Waals surface area (Å²) in [6, 6.07) is 27.1. The summed E-state index contributed by atoms with van der Waals surface area (Å²) in [6.07, 6.45) is 0.693. The minimum absolute atomic E-state index is 0.0397. The molecule has 17 nitrogen and oxygen atoms in total. The first-order valence-electron chi connectivity index (χ1n) is 17.8. The number of fused-ring (bicyclic) bond motifs is 2. The maximum atomic E-state index is 13.9. The first-order valence-corrected chi connectivity index (χ1v) is 17.8. The van der Waals surface area contributed by atoms with Gasteiger partial charge in [0.05, 0.1) is 31.3 Å². The Bertz CT molecular complexity index is 2530. The molecule has 0 fully saturated rings. The topological polar surface area (TPSA) is 219 Å². The van der Waals surface area contributed by atoms with Crippen molar-refractivity contribution in [3.63, 3.8) is 0 Å². The van der Waals surface area contributed by atoms with Crippen molar-refractivity contribution in [1.82, 2.24) is 19.6 Å². The number of nitrogens with one attached hydrogen (secondary N) is 1. The molecular formula is C40H35N10O7-. The van der Waals surface area contributed by atoms with E-state index in [-0.39, 0.29) is 53.4 Å². The lowest BCUT2D eigenvalue weighted by atomic mass is 10.0. The number of hydrazine groups is 1. The summed E-state index contributed by atoms with van der Waals surface area (Å²) in [6.45, 7) is 0.548. The van der Waals surface area contributed by atoms with Crippen molar-refractivity contribution in [3.05, 3.63) is 136 Å². The molecule has 8 rings (SSSR count). The summed E-state index contributed by atoms with van der Waals surface area (Å²) in [4.78, 5) is 55.5. The van der Waals surface area contributed by atoms with Gasteiger partial charge in [-0.1, -0.05) is 0 Å². The molecule has 4 amide bonds. The first-order chi connectivity index (χ1) is 27.6. The normalized spacial score (nSPS) is 13.5. The van der Waals surface area contributed by atoms with E-state index in [2.05, 4.69) is 15.6 Å². The number of nitrogens with two attached hydrogens (primary N) is 2. The van der Waals surface area contributed by atoms with Gasteiger partial charge in [0.25, 0.3) is 23.6 Å². The number of benzene rings is 4. The lowest BCUT2D eigenvalue weighted by molar-refractivity contribution is 0.0964. The molecule has 2 aromatic heterocycles. The molecule has 5 N–H and O–H groups in total. The SMILES string of the molecule is COc1ccc(-n2nc(C(N)=O)c3c2C(=O)N(c2ccc(NN([O-])c4ccc(N5CCc6c(C(N)=O)nn(-c7ccc(OC)cc7)c6C5=O)cc4)cc2)CC3)cc1. The van der Waals surface area contributed by atoms with Gasteiger partial charge in [0.2, 0.25) is 0 Å². The molecule has 0 unspecified atom stereocenters. The number of anilines is 4. The van der Waals surface area contributed by atoms with Gasteiger partial charge in [0, 0.05) is 41.3 Å². The zero-order chi connectivity index (χ0) is 40.0. The number of hydrogen-bond donors (Lipinski definition) is 3. The molecule has 2 aliphatic rings. The van der Waals surface area contributed by atoms with Crippen LogP contribution in [0.2, 0.25) is 0 Å². The third-order valence-electron chi connectivity index (χ3n) is 9.94. The smallest absolute Gasteiger partial charge is 0.277 e. The van der Waals surface area contributed by atoms with Crippen molar-refractivity contribution in [1.29, 1.82) is 0 Å². The number of aromatic nitrogens is 4. The number of methoxy groups -OCH3 is 2. The Balaban J connectivity index is 0.969. The van der Waals surface area contributed by atoms with Crippen LogP contribution in [0.1, 0.15) is 53.1 Å². The molecule has 4 heterocycles. The highest BCUT2D eigenvalue weighted by molar-refractivity contribution is 6.10. The van der Waals surface area contributed by atoms with Gasteiger partial charge in [-0.3, -0.25) is 19.2 Å². The van der Waals surface area contributed by atoms with E-state index in [9.17, 15) is 24.4 Å². The summed E-state index contributed by atoms with van der Waals surface area (Å²) < 4.78 is 13.3. The quantitative estimate of drug-likeness (QED) is 0.160. The molecule has 17 heteroatoms. The molecule has 0 aliphatic carbocycles. The second-order valence-corrected chi connectivity index (χ2v) is 13.2. The molecule has 0 atom stereocenters. The molecule has 0 bridgehead atoms. The number of rotatable bonds is 11. The van der Waals surface area contributed by atoms with E-state index in [1.807, 2.05) is 0 Å². The van der Waals surface area contributed by atoms with Gasteiger partial charge >= 0.3 is 0 Å². The third-order valence-corrected chi connectivity index (χ3v) is 9.94. The fourth-order valence-electron chi connectivity index (χ4n) is 7.09. The number of nitrogens with zero attached hydrogens (tertiary/aromatic N) is 7. The highest BCUT2D eigenvalue weighted by Gasteiger charge is 2.36. The van der Waals surface area contributed by atoms with Crippen molar-refractivity contribution in [2.24, 2.45) is 11.5 Å². The van der Waals surface area contributed by atoms with Crippen LogP contribution in [0, 0.1) is 5.21 Å². The van der Waals surface area contributed by atoms with Gasteiger partial charge in [0.15, 0.2) is 11.4 Å². The van der Waals surface area contributed by atoms with E-state index in [1.54, 1.807) is 121 Å². The molecule has 2 aliphatic heterocycles. The van der Waals surface area contributed by atoms with E-state index in [1.165, 1.54) is 9.36 Å². The Morgan fingerprint density at radius 3 is 1.40 bits per heavy atom. The molecule has 0 saturated heterocycles. The van der Waals surface area contributed by atoms with E-state index in [0.29, 0.717) is 69.1 Å². The second kappa shape index (κ2) is 14.5. The highest BCUT2D eigenvalue weighted by atomic mass is 16.5. The first kappa shape index (κ1) is 36.3. The molecule has 288 valence electrons. The van der Waals surface area contributed by atoms with Crippen LogP contribution in [0.3, 0.4) is 0 Å². The summed E-state index contributed by atoms with van der Waals surface area (Å²) in [7, 11) is 3.09. The Hall–Kier alpha value is -7.66. The molecule has 4 aromatic carbocycles. The Kier molecular flexibility index (Phi) is 9.26. The predicted molar refractivity (Wildman–Crippen MR) is 210 cm³/mol. The number of amides is 4. The summed E-state index contributed by atoms with van der Waals surface area (Å²) >= 11 is 0. The summed E-state index contributed by atoms with van der Waals surface area (Å²) in [5, 5.41) is 22.6. The fraction of sp³-hybridized carbons (Fsp3) is 0.150. The third kappa shape index (κ3) is 6.50. The van der Waals surface area contributed by atoms with Crippen molar-refractivity contribution in [2.45, 2.75) is 12.8 Å². The van der Waals surface area contributed by atoms with Gasteiger partial charge < -0.3 is 46.5 Å². The number of primary amides is 2. The largest absolute Gasteiger partial charge is 0.739 e. The number of ether oxygens (including phenoxy) is 2. The Morgan fingerprint density at radius 1 is 0.632 bits per heavy atom. The van der Waals surface area contributed by atoms with E-state index in [0.717, 1.165) is 0 Å². The van der Waals surface area contributed by atoms with Crippen molar-refractivity contribution < 1.29 is 28.7 Å². The van der Waals surface area contributed by atoms with Crippen LogP contribution in [0.5, 0.6) is 11.5 Å². The lowest BCUT2D eigenvalue weighted by Gasteiger charge is -2.33. The van der Waals surface area contributed by atoms with E-state index in [4.69, 9.17) is 20.9 Å². The van der Waals surface area contributed by atoms with E-state index >= 15 is 0 Å². The zero-order valence-electron chi connectivity index (χ0n) is 30.7. The van der Waals surface area contributed by atoms with Gasteiger partial charge in [0.1, 0.15) is 22.9 Å². The summed E-state index contributed by atoms with van der Waals surface area (Å²) in [5.41, 5.74) is 18.5. The van der Waals surface area contributed by atoms with Crippen LogP contribution < -0.4 is 41.3 Å². The maximum absolute atomic E-state index is 13.9. The predicted octanol–water partition coefficient (Wildman–Crippen LogP) is 4.01. The molecule has 0 radical (unpaired) electrons. The van der Waals surface area contributed by atoms with Crippen molar-refractivity contribution in [3.8, 4) is 22.9 Å². The monoisotopic (exact) mass is 767 g/mol. The second-order valence-electron chi connectivity index (χ2n) is 13.2. The molecular weight excluding hydrogens is 733 g/mol. The molecule has 0 saturated carbocycles. The van der Waals surface area contributed by atoms with Gasteiger partial charge in [-0.25, -0.2) is 9.36 Å². The highest BCUT2D eigenvalue weighted by Crippen LogP contribution is 2.32. The van der Waals surface area contributed by atoms with Crippen LogP contribution in [0.4, 0.5) is 22.7 Å². The van der Waals surface area contributed by atoms with Crippen LogP contribution in [-0.2, 0) is 12.8 Å². The number of hydrogen-bond acceptors (Lipinski definition) is 11. The minimum atomic E-state index is -0.727. The molecule has 6 aromatic rings.